The second-order valence-corrected chi connectivity index (χ2v) is 2.46. The van der Waals surface area contributed by atoms with Gasteiger partial charge in [-0.15, -0.1) is 0 Å². The molecule has 0 aliphatic rings. The Labute approximate surface area is 70.4 Å². The predicted molar refractivity (Wildman–Crippen MR) is 44.1 cm³/mol. The summed E-state index contributed by atoms with van der Waals surface area (Å²) in [5, 5.41) is 2.78. The first-order valence-electron chi connectivity index (χ1n) is 3.84. The predicted octanol–water partition coefficient (Wildman–Crippen LogP) is 1.88. The van der Waals surface area contributed by atoms with Gasteiger partial charge < -0.3 is 5.32 Å². The summed E-state index contributed by atoms with van der Waals surface area (Å²) in [7, 11) is 0. The third-order valence-electron chi connectivity index (χ3n) is 1.54. The second-order valence-electron chi connectivity index (χ2n) is 2.46. The van der Waals surface area contributed by atoms with Crippen LogP contribution in [0.3, 0.4) is 0 Å². The van der Waals surface area contributed by atoms with E-state index in [4.69, 9.17) is 0 Å². The number of benzene rings is 1. The van der Waals surface area contributed by atoms with Gasteiger partial charge in [0.1, 0.15) is 12.5 Å². The van der Waals surface area contributed by atoms with Gasteiger partial charge in [-0.1, -0.05) is 18.2 Å². The van der Waals surface area contributed by atoms with Gasteiger partial charge in [-0.05, 0) is 6.07 Å². The van der Waals surface area contributed by atoms with E-state index in [-0.39, 0.29) is 12.4 Å². The Balaban J connectivity index is 2.46. The summed E-state index contributed by atoms with van der Waals surface area (Å²) in [6.45, 7) is 0.235. The zero-order valence-corrected chi connectivity index (χ0v) is 6.69. The topological polar surface area (TPSA) is 12.0 Å². The molecule has 1 aromatic rings. The van der Waals surface area contributed by atoms with Gasteiger partial charge in [0.15, 0.2) is 0 Å². The van der Waals surface area contributed by atoms with Crippen molar-refractivity contribution in [1.29, 1.82) is 0 Å². The number of halogens is 2. The molecule has 1 aromatic carbocycles. The average Bonchev–Trinajstić information content (AvgIpc) is 2.09. The van der Waals surface area contributed by atoms with Crippen LogP contribution in [-0.2, 0) is 6.54 Å². The summed E-state index contributed by atoms with van der Waals surface area (Å²) in [5.74, 6) is -0.246. The van der Waals surface area contributed by atoms with Crippen LogP contribution in [0.15, 0.2) is 24.3 Å². The second kappa shape index (κ2) is 4.83. The molecule has 1 nitrogen and oxygen atoms in total. The number of hydrogen-bond donors (Lipinski definition) is 1. The lowest BCUT2D eigenvalue weighted by Gasteiger charge is -2.02. The number of hydrogen-bond acceptors (Lipinski definition) is 1. The Morgan fingerprint density at radius 3 is 2.67 bits per heavy atom. The van der Waals surface area contributed by atoms with Crippen molar-refractivity contribution in [3.8, 4) is 0 Å². The first-order chi connectivity index (χ1) is 5.84. The minimum absolute atomic E-state index is 0.246. The Morgan fingerprint density at radius 2 is 2.00 bits per heavy atom. The first kappa shape index (κ1) is 9.13. The Bertz CT molecular complexity index is 238. The molecule has 0 spiro atoms. The summed E-state index contributed by atoms with van der Waals surface area (Å²) in [6.07, 6.45) is 0. The highest BCUT2D eigenvalue weighted by Gasteiger charge is 1.98. The molecule has 0 amide bonds. The van der Waals surface area contributed by atoms with Crippen molar-refractivity contribution >= 4 is 0 Å². The summed E-state index contributed by atoms with van der Waals surface area (Å²) in [4.78, 5) is 0. The van der Waals surface area contributed by atoms with Crippen molar-refractivity contribution in [2.24, 2.45) is 0 Å². The molecule has 66 valence electrons. The van der Waals surface area contributed by atoms with E-state index in [2.05, 4.69) is 5.32 Å². The average molecular weight is 171 g/mol. The van der Waals surface area contributed by atoms with E-state index in [1.54, 1.807) is 18.2 Å². The molecule has 0 aliphatic heterocycles. The van der Waals surface area contributed by atoms with Crippen molar-refractivity contribution < 1.29 is 8.78 Å². The quantitative estimate of drug-likeness (QED) is 0.682. The van der Waals surface area contributed by atoms with Crippen LogP contribution in [0, 0.1) is 5.82 Å². The Morgan fingerprint density at radius 1 is 1.25 bits per heavy atom. The normalized spacial score (nSPS) is 10.2. The van der Waals surface area contributed by atoms with Crippen LogP contribution in [0.2, 0.25) is 0 Å². The number of rotatable bonds is 4. The fraction of sp³-hybridized carbons (Fsp3) is 0.333. The maximum absolute atomic E-state index is 12.9. The monoisotopic (exact) mass is 171 g/mol. The highest BCUT2D eigenvalue weighted by Crippen LogP contribution is 2.04. The molecule has 0 saturated carbocycles. The summed E-state index contributed by atoms with van der Waals surface area (Å²) in [6, 6.07) is 6.47. The zero-order valence-electron chi connectivity index (χ0n) is 6.69. The molecule has 12 heavy (non-hydrogen) atoms. The molecule has 0 unspecified atom stereocenters. The van der Waals surface area contributed by atoms with Crippen LogP contribution in [0.5, 0.6) is 0 Å². The maximum atomic E-state index is 12.9. The summed E-state index contributed by atoms with van der Waals surface area (Å²) in [5.41, 5.74) is 0.575. The van der Waals surface area contributed by atoms with E-state index < -0.39 is 6.67 Å². The fourth-order valence-electron chi connectivity index (χ4n) is 0.932. The highest BCUT2D eigenvalue weighted by molar-refractivity contribution is 5.16. The molecular formula is C9H11F2N. The standard InChI is InChI=1S/C9H11F2N/c10-5-6-12-7-8-3-1-2-4-9(8)11/h1-4,12H,5-7H2. The molecule has 1 rings (SSSR count). The van der Waals surface area contributed by atoms with Crippen molar-refractivity contribution in [2.75, 3.05) is 13.2 Å². The van der Waals surface area contributed by atoms with E-state index in [1.807, 2.05) is 0 Å². The number of alkyl halides is 1. The van der Waals surface area contributed by atoms with E-state index in [1.165, 1.54) is 6.07 Å². The lowest BCUT2D eigenvalue weighted by Crippen LogP contribution is -2.16. The van der Waals surface area contributed by atoms with Crippen molar-refractivity contribution in [3.05, 3.63) is 35.6 Å². The SMILES string of the molecule is FCCNCc1ccccc1F. The molecule has 0 fully saturated rings. The van der Waals surface area contributed by atoms with Gasteiger partial charge in [0, 0.05) is 18.7 Å². The molecule has 1 N–H and O–H groups in total. The molecule has 0 saturated heterocycles. The Kier molecular flexibility index (Phi) is 3.67. The van der Waals surface area contributed by atoms with E-state index in [0.717, 1.165) is 0 Å². The van der Waals surface area contributed by atoms with Gasteiger partial charge in [-0.3, -0.25) is 0 Å². The van der Waals surface area contributed by atoms with Gasteiger partial charge in [0.25, 0.3) is 0 Å². The molecule has 0 atom stereocenters. The highest BCUT2D eigenvalue weighted by atomic mass is 19.1. The summed E-state index contributed by atoms with van der Waals surface area (Å²) < 4.78 is 24.5. The minimum atomic E-state index is -0.422. The third-order valence-corrected chi connectivity index (χ3v) is 1.54. The summed E-state index contributed by atoms with van der Waals surface area (Å²) >= 11 is 0. The van der Waals surface area contributed by atoms with E-state index in [9.17, 15) is 8.78 Å². The first-order valence-corrected chi connectivity index (χ1v) is 3.84. The third kappa shape index (κ3) is 2.58. The van der Waals surface area contributed by atoms with Gasteiger partial charge >= 0.3 is 0 Å². The fourth-order valence-corrected chi connectivity index (χ4v) is 0.932. The molecular weight excluding hydrogens is 160 g/mol. The lowest BCUT2D eigenvalue weighted by atomic mass is 10.2. The van der Waals surface area contributed by atoms with Gasteiger partial charge in [0.05, 0.1) is 0 Å². The van der Waals surface area contributed by atoms with E-state index >= 15 is 0 Å². The van der Waals surface area contributed by atoms with Crippen LogP contribution < -0.4 is 5.32 Å². The van der Waals surface area contributed by atoms with Crippen LogP contribution >= 0.6 is 0 Å². The molecule has 0 aromatic heterocycles. The van der Waals surface area contributed by atoms with Gasteiger partial charge in [-0.25, -0.2) is 8.78 Å². The molecule has 0 heterocycles. The molecule has 3 heteroatoms. The van der Waals surface area contributed by atoms with Crippen LogP contribution in [0.25, 0.3) is 0 Å². The van der Waals surface area contributed by atoms with Gasteiger partial charge in [0.2, 0.25) is 0 Å². The molecule has 0 radical (unpaired) electrons. The zero-order chi connectivity index (χ0) is 8.81. The smallest absolute Gasteiger partial charge is 0.127 e. The number of nitrogens with one attached hydrogen (secondary N) is 1. The maximum Gasteiger partial charge on any atom is 0.127 e. The van der Waals surface area contributed by atoms with Crippen molar-refractivity contribution in [3.63, 3.8) is 0 Å². The van der Waals surface area contributed by atoms with Crippen LogP contribution in [0.4, 0.5) is 8.78 Å². The van der Waals surface area contributed by atoms with Crippen LogP contribution in [-0.4, -0.2) is 13.2 Å². The lowest BCUT2D eigenvalue weighted by molar-refractivity contribution is 0.463. The Hall–Kier alpha value is -0.960. The minimum Gasteiger partial charge on any atom is -0.310 e. The van der Waals surface area contributed by atoms with Crippen molar-refractivity contribution in [2.45, 2.75) is 6.54 Å². The largest absolute Gasteiger partial charge is 0.310 e. The van der Waals surface area contributed by atoms with Crippen molar-refractivity contribution in [1.82, 2.24) is 5.32 Å². The van der Waals surface area contributed by atoms with Gasteiger partial charge in [-0.2, -0.15) is 0 Å². The molecule has 0 aliphatic carbocycles. The van der Waals surface area contributed by atoms with E-state index in [0.29, 0.717) is 12.1 Å². The van der Waals surface area contributed by atoms with Crippen LogP contribution in [0.1, 0.15) is 5.56 Å². The molecule has 0 bridgehead atoms.